The van der Waals surface area contributed by atoms with Gasteiger partial charge in [-0.2, -0.15) is 0 Å². The smallest absolute Gasteiger partial charge is 0.318 e. The van der Waals surface area contributed by atoms with Crippen LogP contribution in [0.4, 0.5) is 6.01 Å². The lowest BCUT2D eigenvalue weighted by Crippen LogP contribution is -2.52. The largest absolute Gasteiger partial charge is 0.408 e. The summed E-state index contributed by atoms with van der Waals surface area (Å²) in [7, 11) is 0. The number of nitrogens with zero attached hydrogens (tertiary/aromatic N) is 5. The monoisotopic (exact) mass is 397 g/mol. The van der Waals surface area contributed by atoms with Gasteiger partial charge >= 0.3 is 6.01 Å². The number of carbonyl (C=O) groups is 2. The molecule has 2 aliphatic heterocycles. The summed E-state index contributed by atoms with van der Waals surface area (Å²) in [5.41, 5.74) is 0.709. The third kappa shape index (κ3) is 4.26. The number of carbonyl (C=O) groups excluding carboxylic acids is 2. The maximum absolute atomic E-state index is 12.9. The van der Waals surface area contributed by atoms with E-state index < -0.39 is 0 Å². The topological polar surface area (TPSA) is 82.8 Å². The molecule has 8 nitrogen and oxygen atoms in total. The first kappa shape index (κ1) is 19.4. The molecule has 0 spiro atoms. The van der Waals surface area contributed by atoms with E-state index in [4.69, 9.17) is 4.42 Å². The number of aromatic nitrogens is 2. The molecule has 154 valence electrons. The Morgan fingerprint density at radius 3 is 2.28 bits per heavy atom. The molecule has 1 aromatic carbocycles. The molecule has 0 radical (unpaired) electrons. The molecule has 2 amide bonds. The molecule has 2 aliphatic rings. The fourth-order valence-corrected chi connectivity index (χ4v) is 3.98. The summed E-state index contributed by atoms with van der Waals surface area (Å²) in [6.45, 7) is 5.95. The first-order chi connectivity index (χ1) is 14.2. The Labute approximate surface area is 170 Å². The number of amides is 2. The van der Waals surface area contributed by atoms with Gasteiger partial charge in [0.05, 0.1) is 0 Å². The minimum atomic E-state index is -0.00327. The summed E-state index contributed by atoms with van der Waals surface area (Å²) in [6.07, 6.45) is 2.17. The second-order valence-electron chi connectivity index (χ2n) is 7.58. The molecule has 0 saturated carbocycles. The van der Waals surface area contributed by atoms with Crippen LogP contribution in [0.25, 0.3) is 0 Å². The van der Waals surface area contributed by atoms with E-state index in [1.165, 1.54) is 0 Å². The zero-order valence-electron chi connectivity index (χ0n) is 16.8. The Hall–Kier alpha value is -2.90. The van der Waals surface area contributed by atoms with Gasteiger partial charge in [-0.3, -0.25) is 9.59 Å². The minimum Gasteiger partial charge on any atom is -0.408 e. The van der Waals surface area contributed by atoms with E-state index in [1.54, 1.807) is 0 Å². The Kier molecular flexibility index (Phi) is 5.78. The summed E-state index contributed by atoms with van der Waals surface area (Å²) in [6, 6.07) is 9.88. The van der Waals surface area contributed by atoms with Gasteiger partial charge in [-0.1, -0.05) is 30.2 Å². The van der Waals surface area contributed by atoms with Gasteiger partial charge < -0.3 is 19.1 Å². The number of piperazine rings is 1. The van der Waals surface area contributed by atoms with Crippen LogP contribution >= 0.6 is 0 Å². The average molecular weight is 397 g/mol. The van der Waals surface area contributed by atoms with E-state index in [9.17, 15) is 9.59 Å². The van der Waals surface area contributed by atoms with Crippen molar-refractivity contribution in [1.82, 2.24) is 20.0 Å². The molecular weight excluding hydrogens is 370 g/mol. The van der Waals surface area contributed by atoms with E-state index >= 15 is 0 Å². The highest BCUT2D eigenvalue weighted by Crippen LogP contribution is 2.23. The van der Waals surface area contributed by atoms with Crippen molar-refractivity contribution in [2.24, 2.45) is 5.92 Å². The zero-order valence-corrected chi connectivity index (χ0v) is 16.8. The lowest BCUT2D eigenvalue weighted by molar-refractivity contribution is -0.137. The van der Waals surface area contributed by atoms with Gasteiger partial charge in [-0.15, -0.1) is 5.10 Å². The minimum absolute atomic E-state index is 0.00327. The number of rotatable bonds is 4. The highest BCUT2D eigenvalue weighted by atomic mass is 16.4. The highest BCUT2D eigenvalue weighted by Gasteiger charge is 2.32. The van der Waals surface area contributed by atoms with Crippen LogP contribution in [-0.2, 0) is 11.2 Å². The summed E-state index contributed by atoms with van der Waals surface area (Å²) < 4.78 is 5.62. The van der Waals surface area contributed by atoms with Gasteiger partial charge in [0.25, 0.3) is 5.91 Å². The van der Waals surface area contributed by atoms with E-state index in [1.807, 2.05) is 52.0 Å². The quantitative estimate of drug-likeness (QED) is 0.783. The molecule has 2 aromatic rings. The summed E-state index contributed by atoms with van der Waals surface area (Å²) in [4.78, 5) is 31.4. The predicted molar refractivity (Wildman–Crippen MR) is 108 cm³/mol. The average Bonchev–Trinajstić information content (AvgIpc) is 3.28. The normalized spacial score (nSPS) is 18.2. The Balaban J connectivity index is 1.26. The number of aryl methyl sites for hydroxylation is 1. The van der Waals surface area contributed by atoms with E-state index in [0.717, 1.165) is 19.3 Å². The first-order valence-corrected chi connectivity index (χ1v) is 10.4. The van der Waals surface area contributed by atoms with Gasteiger partial charge in [0.1, 0.15) is 0 Å². The van der Waals surface area contributed by atoms with Crippen molar-refractivity contribution in [3.05, 3.63) is 41.8 Å². The zero-order chi connectivity index (χ0) is 20.2. The van der Waals surface area contributed by atoms with E-state index in [2.05, 4.69) is 10.2 Å². The Morgan fingerprint density at radius 1 is 0.966 bits per heavy atom. The second-order valence-corrected chi connectivity index (χ2v) is 7.58. The molecule has 0 atom stereocenters. The van der Waals surface area contributed by atoms with Crippen molar-refractivity contribution >= 4 is 17.8 Å². The molecule has 3 heterocycles. The number of likely N-dealkylation sites (tertiary alicyclic amines) is 1. The molecule has 0 aliphatic carbocycles. The fraction of sp³-hybridized carbons (Fsp3) is 0.524. The molecule has 2 fully saturated rings. The third-order valence-electron chi connectivity index (χ3n) is 5.77. The Bertz CT molecular complexity index is 837. The van der Waals surface area contributed by atoms with Crippen molar-refractivity contribution in [3.63, 3.8) is 0 Å². The fourth-order valence-electron chi connectivity index (χ4n) is 3.98. The molecule has 1 aromatic heterocycles. The number of hydrogen-bond donors (Lipinski definition) is 0. The molecular formula is C21H27N5O3. The van der Waals surface area contributed by atoms with Crippen LogP contribution in [0.15, 0.2) is 34.7 Å². The van der Waals surface area contributed by atoms with Gasteiger partial charge in [-0.25, -0.2) is 0 Å². The van der Waals surface area contributed by atoms with Crippen molar-refractivity contribution in [2.75, 3.05) is 44.2 Å². The first-order valence-electron chi connectivity index (χ1n) is 10.4. The molecule has 8 heteroatoms. The van der Waals surface area contributed by atoms with Gasteiger partial charge in [0, 0.05) is 57.2 Å². The predicted octanol–water partition coefficient (Wildman–Crippen LogP) is 1.83. The van der Waals surface area contributed by atoms with Crippen LogP contribution in [0.1, 0.15) is 36.0 Å². The van der Waals surface area contributed by atoms with Crippen molar-refractivity contribution in [3.8, 4) is 0 Å². The van der Waals surface area contributed by atoms with Crippen molar-refractivity contribution in [1.29, 1.82) is 0 Å². The van der Waals surface area contributed by atoms with E-state index in [0.29, 0.717) is 56.7 Å². The lowest BCUT2D eigenvalue weighted by atomic mass is 9.94. The number of piperidine rings is 1. The van der Waals surface area contributed by atoms with Crippen LogP contribution in [-0.4, -0.2) is 71.1 Å². The van der Waals surface area contributed by atoms with Crippen LogP contribution in [0.3, 0.4) is 0 Å². The summed E-state index contributed by atoms with van der Waals surface area (Å²) in [5, 5.41) is 8.10. The summed E-state index contributed by atoms with van der Waals surface area (Å²) >= 11 is 0. The second kappa shape index (κ2) is 8.63. The number of anilines is 1. The van der Waals surface area contributed by atoms with Crippen LogP contribution in [0.2, 0.25) is 0 Å². The van der Waals surface area contributed by atoms with E-state index in [-0.39, 0.29) is 17.7 Å². The van der Waals surface area contributed by atoms with Gasteiger partial charge in [0.2, 0.25) is 11.8 Å². The Morgan fingerprint density at radius 2 is 1.66 bits per heavy atom. The van der Waals surface area contributed by atoms with Gasteiger partial charge in [-0.05, 0) is 25.0 Å². The molecule has 0 N–H and O–H groups in total. The van der Waals surface area contributed by atoms with Crippen molar-refractivity contribution < 1.29 is 14.0 Å². The van der Waals surface area contributed by atoms with Crippen molar-refractivity contribution in [2.45, 2.75) is 26.2 Å². The molecule has 2 saturated heterocycles. The van der Waals surface area contributed by atoms with Gasteiger partial charge in [0.15, 0.2) is 0 Å². The number of hydrogen-bond acceptors (Lipinski definition) is 6. The maximum Gasteiger partial charge on any atom is 0.318 e. The molecule has 4 rings (SSSR count). The third-order valence-corrected chi connectivity index (χ3v) is 5.77. The highest BCUT2D eigenvalue weighted by molar-refractivity contribution is 5.94. The lowest BCUT2D eigenvalue weighted by Gasteiger charge is -2.38. The molecule has 0 bridgehead atoms. The molecule has 29 heavy (non-hydrogen) atoms. The molecule has 0 unspecified atom stereocenters. The SMILES string of the molecule is CCc1nnc(N2CCN(C(=O)C3CCN(C(=O)c4ccccc4)CC3)CC2)o1. The van der Waals surface area contributed by atoms with Crippen LogP contribution in [0, 0.1) is 5.92 Å². The van der Waals surface area contributed by atoms with Crippen LogP contribution in [0.5, 0.6) is 0 Å². The number of benzene rings is 1. The summed E-state index contributed by atoms with van der Waals surface area (Å²) in [5.74, 6) is 0.888. The maximum atomic E-state index is 12.9. The standard InChI is InChI=1S/C21H27N5O3/c1-2-18-22-23-21(29-18)26-14-12-25(13-15-26)20(28)17-8-10-24(11-9-17)19(27)16-6-4-3-5-7-16/h3-7,17H,2,8-15H2,1H3. The van der Waals surface area contributed by atoms with Crippen LogP contribution < -0.4 is 4.90 Å².